The summed E-state index contributed by atoms with van der Waals surface area (Å²) in [6.07, 6.45) is 7.31. The Morgan fingerprint density at radius 1 is 1.38 bits per heavy atom. The topological polar surface area (TPSA) is 61.0 Å². The van der Waals surface area contributed by atoms with Crippen LogP contribution in [0.2, 0.25) is 6.82 Å². The van der Waals surface area contributed by atoms with Crippen LogP contribution in [-0.2, 0) is 4.79 Å². The van der Waals surface area contributed by atoms with Crippen LogP contribution in [0.25, 0.3) is 11.3 Å². The average molecular weight is 447 g/mol. The van der Waals surface area contributed by atoms with Crippen molar-refractivity contribution in [1.82, 2.24) is 20.2 Å². The zero-order chi connectivity index (χ0) is 23.1. The lowest BCUT2D eigenvalue weighted by molar-refractivity contribution is -0.135. The number of allylic oxidation sites excluding steroid dienone is 2. The molecular formula is C25H32BN4OS. The van der Waals surface area contributed by atoms with Crippen molar-refractivity contribution in [3.8, 4) is 11.3 Å². The fourth-order valence-electron chi connectivity index (χ4n) is 3.90. The van der Waals surface area contributed by atoms with Gasteiger partial charge in [-0.1, -0.05) is 87.5 Å². The minimum absolute atomic E-state index is 0.0378. The van der Waals surface area contributed by atoms with Crippen LogP contribution in [0, 0.1) is 5.92 Å². The molecule has 5 nitrogen and oxygen atoms in total. The van der Waals surface area contributed by atoms with E-state index in [1.807, 2.05) is 29.4 Å². The molecule has 0 spiro atoms. The number of hydrogen-bond donors (Lipinski definition) is 2. The highest BCUT2D eigenvalue weighted by molar-refractivity contribution is 8.05. The third-order valence-electron chi connectivity index (χ3n) is 5.68. The van der Waals surface area contributed by atoms with Gasteiger partial charge in [-0.3, -0.25) is 4.79 Å². The SMILES string of the molecule is C=C/C=C\SC(=C)N[C@H](C(=O)N1CCC[C@H]1c1ncc(-c2ccc([B]C)cc2)[nH]1)C(C)C. The summed E-state index contributed by atoms with van der Waals surface area (Å²) in [5.74, 6) is 1.07. The number of carbonyl (C=O) groups is 1. The Balaban J connectivity index is 1.74. The van der Waals surface area contributed by atoms with E-state index >= 15 is 0 Å². The summed E-state index contributed by atoms with van der Waals surface area (Å²) in [5, 5.41) is 5.97. The van der Waals surface area contributed by atoms with Gasteiger partial charge in [-0.25, -0.2) is 4.98 Å². The second-order valence-corrected chi connectivity index (χ2v) is 9.25. The molecule has 1 amide bonds. The van der Waals surface area contributed by atoms with Crippen LogP contribution < -0.4 is 10.8 Å². The summed E-state index contributed by atoms with van der Waals surface area (Å²) in [6, 6.07) is 7.99. The maximum absolute atomic E-state index is 13.5. The second-order valence-electron chi connectivity index (χ2n) is 8.25. The average Bonchev–Trinajstić information content (AvgIpc) is 3.46. The van der Waals surface area contributed by atoms with Crippen LogP contribution in [0.1, 0.15) is 38.6 Å². The molecule has 167 valence electrons. The predicted octanol–water partition coefficient (Wildman–Crippen LogP) is 4.64. The monoisotopic (exact) mass is 447 g/mol. The van der Waals surface area contributed by atoms with E-state index in [2.05, 4.69) is 73.8 Å². The van der Waals surface area contributed by atoms with E-state index in [9.17, 15) is 4.79 Å². The van der Waals surface area contributed by atoms with Crippen molar-refractivity contribution in [3.63, 3.8) is 0 Å². The van der Waals surface area contributed by atoms with E-state index in [0.29, 0.717) is 0 Å². The molecule has 1 aromatic carbocycles. The van der Waals surface area contributed by atoms with E-state index in [4.69, 9.17) is 0 Å². The number of thioether (sulfide) groups is 1. The first-order chi connectivity index (χ1) is 15.4. The van der Waals surface area contributed by atoms with Gasteiger partial charge in [-0.2, -0.15) is 0 Å². The van der Waals surface area contributed by atoms with Crippen LogP contribution in [0.15, 0.2) is 66.2 Å². The zero-order valence-electron chi connectivity index (χ0n) is 19.2. The van der Waals surface area contributed by atoms with Crippen molar-refractivity contribution in [3.05, 3.63) is 72.0 Å². The molecule has 0 bridgehead atoms. The van der Waals surface area contributed by atoms with E-state index < -0.39 is 0 Å². The Morgan fingerprint density at radius 2 is 2.12 bits per heavy atom. The maximum Gasteiger partial charge on any atom is 0.245 e. The molecule has 2 atom stereocenters. The number of nitrogens with zero attached hydrogens (tertiary/aromatic N) is 2. The summed E-state index contributed by atoms with van der Waals surface area (Å²) < 4.78 is 0. The summed E-state index contributed by atoms with van der Waals surface area (Å²) in [4.78, 5) is 23.6. The fraction of sp³-hybridized carbons (Fsp3) is 0.360. The highest BCUT2D eigenvalue weighted by Gasteiger charge is 2.36. The third-order valence-corrected chi connectivity index (χ3v) is 6.37. The summed E-state index contributed by atoms with van der Waals surface area (Å²) in [7, 11) is 2.08. The second kappa shape index (κ2) is 11.3. The molecule has 1 radical (unpaired) electrons. The highest BCUT2D eigenvalue weighted by atomic mass is 32.2. The van der Waals surface area contributed by atoms with E-state index in [-0.39, 0.29) is 23.9 Å². The summed E-state index contributed by atoms with van der Waals surface area (Å²) in [6.45, 7) is 14.6. The van der Waals surface area contributed by atoms with Crippen molar-refractivity contribution < 1.29 is 4.79 Å². The number of benzene rings is 1. The van der Waals surface area contributed by atoms with Crippen molar-refractivity contribution in [2.45, 2.75) is 45.6 Å². The Hall–Kier alpha value is -2.67. The summed E-state index contributed by atoms with van der Waals surface area (Å²) >= 11 is 1.46. The van der Waals surface area contributed by atoms with Gasteiger partial charge in [-0.15, -0.1) is 0 Å². The van der Waals surface area contributed by atoms with Crippen LogP contribution in [0.3, 0.4) is 0 Å². The van der Waals surface area contributed by atoms with Crippen LogP contribution >= 0.6 is 11.8 Å². The van der Waals surface area contributed by atoms with Gasteiger partial charge in [0.05, 0.1) is 23.0 Å². The molecule has 1 aliphatic heterocycles. The zero-order valence-corrected chi connectivity index (χ0v) is 20.0. The van der Waals surface area contributed by atoms with Gasteiger partial charge in [0.15, 0.2) is 0 Å². The molecule has 7 heteroatoms. The van der Waals surface area contributed by atoms with E-state index in [1.54, 1.807) is 6.08 Å². The normalized spacial score (nSPS) is 17.0. The number of likely N-dealkylation sites (tertiary alicyclic amines) is 1. The number of carbonyl (C=O) groups excluding carboxylic acids is 1. The number of rotatable bonds is 10. The van der Waals surface area contributed by atoms with Crippen LogP contribution in [0.5, 0.6) is 0 Å². The van der Waals surface area contributed by atoms with Gasteiger partial charge in [0.25, 0.3) is 0 Å². The number of aromatic nitrogens is 2. The van der Waals surface area contributed by atoms with Gasteiger partial charge in [0, 0.05) is 6.54 Å². The smallest absolute Gasteiger partial charge is 0.245 e. The number of aromatic amines is 1. The Morgan fingerprint density at radius 3 is 2.78 bits per heavy atom. The van der Waals surface area contributed by atoms with Crippen molar-refractivity contribution in [2.24, 2.45) is 5.92 Å². The molecule has 32 heavy (non-hydrogen) atoms. The van der Waals surface area contributed by atoms with Crippen molar-refractivity contribution in [1.29, 1.82) is 0 Å². The molecule has 2 heterocycles. The Kier molecular flexibility index (Phi) is 8.45. The van der Waals surface area contributed by atoms with E-state index in [0.717, 1.165) is 41.5 Å². The van der Waals surface area contributed by atoms with E-state index in [1.165, 1.54) is 17.2 Å². The van der Waals surface area contributed by atoms with Crippen molar-refractivity contribution >= 4 is 30.4 Å². The van der Waals surface area contributed by atoms with Crippen molar-refractivity contribution in [2.75, 3.05) is 6.54 Å². The standard InChI is InChI=1S/C25H32BN4OS/c1-6-7-15-32-18(4)28-23(17(2)3)25(31)30-14-8-9-22(30)24-27-16-21(29-24)19-10-12-20(26-5)13-11-19/h6-7,10-13,15-17,22-23,28H,1,4,8-9,14H2,2-3,5H3,(H,27,29)/b15-7-/t22-,23-/m0/s1. The first-order valence-electron chi connectivity index (χ1n) is 11.1. The Labute approximate surface area is 196 Å². The van der Waals surface area contributed by atoms with Crippen LogP contribution in [0.4, 0.5) is 0 Å². The lowest BCUT2D eigenvalue weighted by atomic mass is 9.73. The number of amides is 1. The molecule has 1 aliphatic rings. The third kappa shape index (κ3) is 5.77. The first kappa shape index (κ1) is 24.0. The number of nitrogens with one attached hydrogen (secondary N) is 2. The molecule has 0 unspecified atom stereocenters. The lowest BCUT2D eigenvalue weighted by Gasteiger charge is -2.31. The number of hydrogen-bond acceptors (Lipinski definition) is 4. The summed E-state index contributed by atoms with van der Waals surface area (Å²) in [5.41, 5.74) is 3.25. The van der Waals surface area contributed by atoms with Gasteiger partial charge in [0.2, 0.25) is 5.91 Å². The number of imidazole rings is 1. The highest BCUT2D eigenvalue weighted by Crippen LogP contribution is 2.33. The largest absolute Gasteiger partial charge is 0.368 e. The molecule has 0 aliphatic carbocycles. The quantitative estimate of drug-likeness (QED) is 0.412. The van der Waals surface area contributed by atoms with Gasteiger partial charge in [-0.05, 0) is 29.7 Å². The molecular weight excluding hydrogens is 415 g/mol. The first-order valence-corrected chi connectivity index (χ1v) is 12.0. The van der Waals surface area contributed by atoms with Gasteiger partial charge in [0.1, 0.15) is 19.1 Å². The molecule has 1 saturated heterocycles. The lowest BCUT2D eigenvalue weighted by Crippen LogP contribution is -2.48. The molecule has 3 rings (SSSR count). The molecule has 1 aromatic heterocycles. The Bertz CT molecular complexity index is 967. The molecule has 1 fully saturated rings. The minimum Gasteiger partial charge on any atom is -0.368 e. The molecule has 2 aromatic rings. The minimum atomic E-state index is -0.333. The molecule has 2 N–H and O–H groups in total. The molecule has 0 saturated carbocycles. The van der Waals surface area contributed by atoms with Gasteiger partial charge < -0.3 is 15.2 Å². The predicted molar refractivity (Wildman–Crippen MR) is 137 cm³/mol. The fourth-order valence-corrected chi connectivity index (χ4v) is 4.45. The van der Waals surface area contributed by atoms with Crippen LogP contribution in [-0.4, -0.2) is 40.6 Å². The number of H-pyrrole nitrogens is 1. The van der Waals surface area contributed by atoms with Gasteiger partial charge >= 0.3 is 0 Å². The maximum atomic E-state index is 13.5.